The first-order valence-corrected chi connectivity index (χ1v) is 6.52. The van der Waals surface area contributed by atoms with Crippen LogP contribution in [0.15, 0.2) is 42.5 Å². The molecule has 0 atom stereocenters. The van der Waals surface area contributed by atoms with Gasteiger partial charge in [-0.2, -0.15) is 0 Å². The van der Waals surface area contributed by atoms with Crippen LogP contribution < -0.4 is 9.47 Å². The molecule has 100 valence electrons. The minimum absolute atomic E-state index is 0.692. The van der Waals surface area contributed by atoms with Crippen molar-refractivity contribution in [2.75, 3.05) is 13.7 Å². The number of hydrogen-bond donors (Lipinski definition) is 0. The van der Waals surface area contributed by atoms with E-state index in [2.05, 4.69) is 32.0 Å². The van der Waals surface area contributed by atoms with Gasteiger partial charge >= 0.3 is 0 Å². The van der Waals surface area contributed by atoms with Crippen LogP contribution in [0.3, 0.4) is 0 Å². The topological polar surface area (TPSA) is 18.5 Å². The Morgan fingerprint density at radius 1 is 0.947 bits per heavy atom. The van der Waals surface area contributed by atoms with Crippen molar-refractivity contribution < 1.29 is 9.47 Å². The summed E-state index contributed by atoms with van der Waals surface area (Å²) in [4.78, 5) is 0. The Balaban J connectivity index is 1.94. The van der Waals surface area contributed by atoms with Crippen LogP contribution in [0.25, 0.3) is 0 Å². The molecular weight excluding hydrogens is 236 g/mol. The predicted octanol–water partition coefficient (Wildman–Crippen LogP) is 3.93. The van der Waals surface area contributed by atoms with Gasteiger partial charge in [-0.1, -0.05) is 24.3 Å². The van der Waals surface area contributed by atoms with E-state index in [1.54, 1.807) is 7.11 Å². The molecule has 0 radical (unpaired) electrons. The van der Waals surface area contributed by atoms with Gasteiger partial charge in [-0.05, 0) is 48.7 Å². The third kappa shape index (κ3) is 3.50. The monoisotopic (exact) mass is 256 g/mol. The lowest BCUT2D eigenvalue weighted by atomic mass is 10.1. The molecule has 2 nitrogen and oxygen atoms in total. The van der Waals surface area contributed by atoms with Crippen LogP contribution in [0.4, 0.5) is 0 Å². The van der Waals surface area contributed by atoms with Crippen LogP contribution in [0, 0.1) is 13.8 Å². The Morgan fingerprint density at radius 2 is 1.74 bits per heavy atom. The van der Waals surface area contributed by atoms with Gasteiger partial charge in [-0.3, -0.25) is 0 Å². The SMILES string of the molecule is COc1ccc(CCOc2ccccc2C)c(C)c1. The molecule has 2 aromatic carbocycles. The quantitative estimate of drug-likeness (QED) is 0.807. The van der Waals surface area contributed by atoms with Crippen LogP contribution >= 0.6 is 0 Å². The Labute approximate surface area is 115 Å². The Kier molecular flexibility index (Phi) is 4.45. The van der Waals surface area contributed by atoms with E-state index >= 15 is 0 Å². The predicted molar refractivity (Wildman–Crippen MR) is 78.1 cm³/mol. The molecule has 2 aromatic rings. The van der Waals surface area contributed by atoms with E-state index in [1.807, 2.05) is 24.3 Å². The van der Waals surface area contributed by atoms with Gasteiger partial charge in [0.05, 0.1) is 13.7 Å². The van der Waals surface area contributed by atoms with Gasteiger partial charge in [0.2, 0.25) is 0 Å². The van der Waals surface area contributed by atoms with E-state index in [0.29, 0.717) is 6.61 Å². The highest BCUT2D eigenvalue weighted by atomic mass is 16.5. The minimum Gasteiger partial charge on any atom is -0.497 e. The molecule has 2 rings (SSSR count). The van der Waals surface area contributed by atoms with Crippen LogP contribution in [0.2, 0.25) is 0 Å². The third-order valence-electron chi connectivity index (χ3n) is 3.27. The summed E-state index contributed by atoms with van der Waals surface area (Å²) < 4.78 is 11.0. The number of para-hydroxylation sites is 1. The van der Waals surface area contributed by atoms with Crippen molar-refractivity contribution in [3.05, 3.63) is 59.2 Å². The first-order valence-electron chi connectivity index (χ1n) is 6.52. The summed E-state index contributed by atoms with van der Waals surface area (Å²) in [5, 5.41) is 0. The van der Waals surface area contributed by atoms with E-state index in [0.717, 1.165) is 17.9 Å². The highest BCUT2D eigenvalue weighted by molar-refractivity contribution is 5.35. The van der Waals surface area contributed by atoms with Crippen molar-refractivity contribution in [1.82, 2.24) is 0 Å². The molecule has 0 aliphatic carbocycles. The molecule has 0 saturated heterocycles. The molecule has 0 heterocycles. The molecule has 19 heavy (non-hydrogen) atoms. The molecule has 2 heteroatoms. The van der Waals surface area contributed by atoms with Crippen LogP contribution in [0.5, 0.6) is 11.5 Å². The maximum atomic E-state index is 5.82. The summed E-state index contributed by atoms with van der Waals surface area (Å²) in [6.45, 7) is 4.86. The maximum absolute atomic E-state index is 5.82. The molecular formula is C17H20O2. The summed E-state index contributed by atoms with van der Waals surface area (Å²) in [7, 11) is 1.69. The Hall–Kier alpha value is -1.96. The van der Waals surface area contributed by atoms with Gasteiger partial charge in [-0.15, -0.1) is 0 Å². The van der Waals surface area contributed by atoms with Gasteiger partial charge in [0.25, 0.3) is 0 Å². The number of aryl methyl sites for hydroxylation is 2. The highest BCUT2D eigenvalue weighted by Crippen LogP contribution is 2.19. The highest BCUT2D eigenvalue weighted by Gasteiger charge is 2.02. The van der Waals surface area contributed by atoms with Crippen molar-refractivity contribution in [3.8, 4) is 11.5 Å². The second-order valence-electron chi connectivity index (χ2n) is 4.66. The van der Waals surface area contributed by atoms with Gasteiger partial charge in [0.15, 0.2) is 0 Å². The maximum Gasteiger partial charge on any atom is 0.122 e. The van der Waals surface area contributed by atoms with Crippen molar-refractivity contribution in [2.24, 2.45) is 0 Å². The summed E-state index contributed by atoms with van der Waals surface area (Å²) in [6, 6.07) is 14.3. The Morgan fingerprint density at radius 3 is 2.42 bits per heavy atom. The zero-order valence-corrected chi connectivity index (χ0v) is 11.8. The normalized spacial score (nSPS) is 10.3. The number of ether oxygens (including phenoxy) is 2. The summed E-state index contributed by atoms with van der Waals surface area (Å²) in [5.41, 5.74) is 3.72. The number of rotatable bonds is 5. The zero-order chi connectivity index (χ0) is 13.7. The van der Waals surface area contributed by atoms with Gasteiger partial charge in [0, 0.05) is 6.42 Å². The van der Waals surface area contributed by atoms with Crippen LogP contribution in [0.1, 0.15) is 16.7 Å². The van der Waals surface area contributed by atoms with E-state index in [9.17, 15) is 0 Å². The standard InChI is InChI=1S/C17H20O2/c1-13-6-4-5-7-17(13)19-11-10-15-8-9-16(18-3)12-14(15)2/h4-9,12H,10-11H2,1-3H3. The van der Waals surface area contributed by atoms with E-state index in [4.69, 9.17) is 9.47 Å². The summed E-state index contributed by atoms with van der Waals surface area (Å²) in [6.07, 6.45) is 0.907. The summed E-state index contributed by atoms with van der Waals surface area (Å²) >= 11 is 0. The van der Waals surface area contributed by atoms with Gasteiger partial charge in [0.1, 0.15) is 11.5 Å². The van der Waals surface area contributed by atoms with Gasteiger partial charge in [-0.25, -0.2) is 0 Å². The van der Waals surface area contributed by atoms with Gasteiger partial charge < -0.3 is 9.47 Å². The second-order valence-corrected chi connectivity index (χ2v) is 4.66. The smallest absolute Gasteiger partial charge is 0.122 e. The molecule has 0 aromatic heterocycles. The molecule has 0 unspecified atom stereocenters. The fraction of sp³-hybridized carbons (Fsp3) is 0.294. The second kappa shape index (κ2) is 6.28. The average Bonchev–Trinajstić information content (AvgIpc) is 2.42. The molecule has 0 fully saturated rings. The minimum atomic E-state index is 0.692. The molecule has 0 aliphatic rings. The first kappa shape index (κ1) is 13.5. The van der Waals surface area contributed by atoms with Crippen LogP contribution in [-0.2, 0) is 6.42 Å². The molecule has 0 N–H and O–H groups in total. The van der Waals surface area contributed by atoms with Crippen LogP contribution in [-0.4, -0.2) is 13.7 Å². The molecule has 0 bridgehead atoms. The van der Waals surface area contributed by atoms with Crippen molar-refractivity contribution >= 4 is 0 Å². The first-order chi connectivity index (χ1) is 9.20. The lowest BCUT2D eigenvalue weighted by Gasteiger charge is -2.11. The largest absolute Gasteiger partial charge is 0.497 e. The van der Waals surface area contributed by atoms with Crippen molar-refractivity contribution in [2.45, 2.75) is 20.3 Å². The van der Waals surface area contributed by atoms with Crippen molar-refractivity contribution in [1.29, 1.82) is 0 Å². The summed E-state index contributed by atoms with van der Waals surface area (Å²) in [5.74, 6) is 1.87. The number of methoxy groups -OCH3 is 1. The zero-order valence-electron chi connectivity index (χ0n) is 11.8. The molecule has 0 saturated carbocycles. The fourth-order valence-electron chi connectivity index (χ4n) is 2.07. The van der Waals surface area contributed by atoms with E-state index in [-0.39, 0.29) is 0 Å². The van der Waals surface area contributed by atoms with E-state index in [1.165, 1.54) is 16.7 Å². The number of hydrogen-bond acceptors (Lipinski definition) is 2. The fourth-order valence-corrected chi connectivity index (χ4v) is 2.07. The van der Waals surface area contributed by atoms with E-state index < -0.39 is 0 Å². The molecule has 0 amide bonds. The molecule has 0 spiro atoms. The number of benzene rings is 2. The molecule has 0 aliphatic heterocycles. The lowest BCUT2D eigenvalue weighted by molar-refractivity contribution is 0.319. The third-order valence-corrected chi connectivity index (χ3v) is 3.27. The van der Waals surface area contributed by atoms with Crippen molar-refractivity contribution in [3.63, 3.8) is 0 Å². The lowest BCUT2D eigenvalue weighted by Crippen LogP contribution is -2.03. The Bertz CT molecular complexity index is 547. The average molecular weight is 256 g/mol.